The highest BCUT2D eigenvalue weighted by molar-refractivity contribution is 6.26. The highest BCUT2D eigenvalue weighted by Gasteiger charge is 2.32. The minimum atomic E-state index is 0.295. The van der Waals surface area contributed by atoms with Crippen molar-refractivity contribution < 1.29 is 44.6 Å². The Labute approximate surface area is 806 Å². The number of nitrogens with zero attached hydrogens (tertiary/aromatic N) is 17. The lowest BCUT2D eigenvalue weighted by molar-refractivity contribution is 0.401. The first-order valence-corrected chi connectivity index (χ1v) is 46.8. The molecule has 0 saturated carbocycles. The Bertz CT molecular complexity index is 10900. The largest absolute Gasteiger partial charge is 0.439 e. The lowest BCUT2D eigenvalue weighted by Gasteiger charge is -2.06. The zero-order valence-corrected chi connectivity index (χ0v) is 75.2. The van der Waals surface area contributed by atoms with Crippen molar-refractivity contribution in [1.82, 2.24) is 81.9 Å². The molecule has 34 rings (SSSR count). The fourth-order valence-corrected chi connectivity index (χ4v) is 21.4. The lowest BCUT2D eigenvalue weighted by Crippen LogP contribution is -1.98. The fourth-order valence-electron chi connectivity index (χ4n) is 21.4. The molecular formula is C117H65N17O10. The molecule has 0 bridgehead atoms. The smallest absolute Gasteiger partial charge is 0.337 e. The monoisotopic (exact) mass is 1870 g/mol. The zero-order chi connectivity index (χ0) is 94.0. The summed E-state index contributed by atoms with van der Waals surface area (Å²) in [5.74, 6) is 3.40. The zero-order valence-electron chi connectivity index (χ0n) is 75.2. The van der Waals surface area contributed by atoms with Gasteiger partial charge in [0.1, 0.15) is 33.5 Å². The van der Waals surface area contributed by atoms with E-state index in [2.05, 4.69) is 161 Å². The summed E-state index contributed by atoms with van der Waals surface area (Å²) in [5, 5.41) is 36.3. The van der Waals surface area contributed by atoms with Crippen molar-refractivity contribution in [3.8, 4) is 64.4 Å². The molecule has 18 heterocycles. The molecule has 0 fully saturated rings. The van der Waals surface area contributed by atoms with Crippen LogP contribution in [0.4, 0.5) is 0 Å². The molecule has 0 spiro atoms. The molecule has 27 heteroatoms. The van der Waals surface area contributed by atoms with Gasteiger partial charge in [-0.3, -0.25) is 8.97 Å². The van der Waals surface area contributed by atoms with E-state index >= 15 is 0 Å². The van der Waals surface area contributed by atoms with Gasteiger partial charge in [-0.05, 0) is 154 Å². The summed E-state index contributed by atoms with van der Waals surface area (Å²) >= 11 is 0. The highest BCUT2D eigenvalue weighted by atomic mass is 16.5. The minimum Gasteiger partial charge on any atom is -0.439 e. The van der Waals surface area contributed by atoms with Crippen LogP contribution in [0.2, 0.25) is 0 Å². The van der Waals surface area contributed by atoms with Gasteiger partial charge >= 0.3 is 12.0 Å². The van der Waals surface area contributed by atoms with Crippen molar-refractivity contribution in [3.63, 3.8) is 0 Å². The number of furan rings is 6. The van der Waals surface area contributed by atoms with E-state index in [-0.39, 0.29) is 0 Å². The average Bonchev–Trinajstić information content (AvgIpc) is 1.56. The Morgan fingerprint density at radius 3 is 0.840 bits per heavy atom. The van der Waals surface area contributed by atoms with E-state index in [1.54, 1.807) is 0 Å². The third-order valence-corrected chi connectivity index (χ3v) is 27.5. The van der Waals surface area contributed by atoms with Crippen LogP contribution in [0.15, 0.2) is 439 Å². The lowest BCUT2D eigenvalue weighted by atomic mass is 10.1. The van der Waals surface area contributed by atoms with Gasteiger partial charge in [-0.25, -0.2) is 32.4 Å². The number of imidazole rings is 2. The fraction of sp³-hybridized carbons (Fsp3) is 0. The second-order valence-electron chi connectivity index (χ2n) is 35.3. The summed E-state index contributed by atoms with van der Waals surface area (Å²) in [6, 6.07) is 132. The molecule has 16 aromatic carbocycles. The number of rotatable bonds is 9. The normalized spacial score (nSPS) is 12.2. The molecule has 0 aliphatic carbocycles. The van der Waals surface area contributed by atoms with Crippen LogP contribution in [0, 0.1) is 0 Å². The van der Waals surface area contributed by atoms with Gasteiger partial charge in [0.2, 0.25) is 40.1 Å². The summed E-state index contributed by atoms with van der Waals surface area (Å²) in [6.45, 7) is 0. The van der Waals surface area contributed by atoms with Crippen molar-refractivity contribution >= 4 is 226 Å². The van der Waals surface area contributed by atoms with Crippen LogP contribution >= 0.6 is 0 Å². The Hall–Kier alpha value is -20.6. The molecule has 678 valence electrons. The molecular weight excluding hydrogens is 1800 g/mol. The van der Waals surface area contributed by atoms with Gasteiger partial charge in [-0.2, -0.15) is 19.9 Å². The van der Waals surface area contributed by atoms with Gasteiger partial charge in [0.25, 0.3) is 35.6 Å². The molecule has 144 heavy (non-hydrogen) atoms. The quantitative estimate of drug-likeness (QED) is 0.130. The average molecular weight is 1870 g/mol. The van der Waals surface area contributed by atoms with Crippen LogP contribution in [0.25, 0.3) is 290 Å². The second-order valence-corrected chi connectivity index (χ2v) is 35.3. The van der Waals surface area contributed by atoms with Gasteiger partial charge in [-0.1, -0.05) is 261 Å². The van der Waals surface area contributed by atoms with Crippen molar-refractivity contribution in [2.45, 2.75) is 0 Å². The Balaban J connectivity index is 0.0000000915. The van der Waals surface area contributed by atoms with E-state index in [9.17, 15) is 0 Å². The third-order valence-electron chi connectivity index (χ3n) is 27.5. The number of hydrogen-bond donors (Lipinski definition) is 0. The Morgan fingerprint density at radius 1 is 0.181 bits per heavy atom. The first-order valence-electron chi connectivity index (χ1n) is 46.8. The van der Waals surface area contributed by atoms with Crippen molar-refractivity contribution in [3.05, 3.63) is 394 Å². The maximum atomic E-state index is 6.68. The molecule has 0 radical (unpaired) electrons. The van der Waals surface area contributed by atoms with Crippen LogP contribution in [-0.4, -0.2) is 81.9 Å². The van der Waals surface area contributed by atoms with Crippen LogP contribution in [-0.2, 0) is 0 Å². The van der Waals surface area contributed by atoms with Crippen LogP contribution in [0.3, 0.4) is 0 Å². The molecule has 0 aliphatic rings. The van der Waals surface area contributed by atoms with Gasteiger partial charge < -0.3 is 44.6 Å². The van der Waals surface area contributed by atoms with E-state index in [0.29, 0.717) is 70.5 Å². The number of aromatic nitrogens is 17. The number of hydrogen-bond acceptors (Lipinski definition) is 19. The highest BCUT2D eigenvalue weighted by Crippen LogP contribution is 2.48. The molecule has 27 nitrogen and oxygen atoms in total. The summed E-state index contributed by atoms with van der Waals surface area (Å²) < 4.78 is 77.3. The summed E-state index contributed by atoms with van der Waals surface area (Å²) in [7, 11) is 0. The predicted molar refractivity (Wildman–Crippen MR) is 556 cm³/mol. The molecule has 0 atom stereocenters. The molecule has 0 aliphatic heterocycles. The Kier molecular flexibility index (Phi) is 16.6. The SMILES string of the molecule is c1ccc(-c2nc(-n3c4ccccc4c4c5ccccc5oc43)no2)cc1.c1ccc(-c2nc(-n3c4ccccc4n4c5ccccc5nc34)no2)cc1.c1ccc2c(c1)oc1c2c2ccccc2n1-c1ccc2oc3c(c2c1)c1ccccc1n3-c1noc(-n2c3ccccc3c3c4ccccc4oc32)n1.c1ccc2c(c1)oc1c2c2ccccc2n1-c1noc(-n2c3ccccc3c3c4ccccc4oc32)n1. The molecule has 18 aromatic heterocycles. The first-order chi connectivity index (χ1) is 71.5. The molecule has 0 saturated heterocycles. The predicted octanol–water partition coefficient (Wildman–Crippen LogP) is 29.4. The van der Waals surface area contributed by atoms with Gasteiger partial charge in [-0.15, -0.1) is 0 Å². The van der Waals surface area contributed by atoms with Gasteiger partial charge in [0.05, 0.1) is 87.5 Å². The van der Waals surface area contributed by atoms with E-state index < -0.39 is 0 Å². The molecule has 34 aromatic rings. The molecule has 0 amide bonds. The maximum absolute atomic E-state index is 6.68. The summed E-state index contributed by atoms with van der Waals surface area (Å²) in [6.07, 6.45) is 0. The number of fused-ring (bicyclic) bond motifs is 35. The van der Waals surface area contributed by atoms with Crippen molar-refractivity contribution in [1.29, 1.82) is 0 Å². The third kappa shape index (κ3) is 11.5. The maximum Gasteiger partial charge on any atom is 0.337 e. The van der Waals surface area contributed by atoms with Crippen molar-refractivity contribution in [2.75, 3.05) is 0 Å². The first kappa shape index (κ1) is 78.6. The van der Waals surface area contributed by atoms with Gasteiger partial charge in [0.15, 0.2) is 0 Å². The topological polar surface area (TPSA) is 286 Å². The summed E-state index contributed by atoms with van der Waals surface area (Å²) in [4.78, 5) is 23.9. The van der Waals surface area contributed by atoms with E-state index in [1.165, 1.54) is 0 Å². The minimum absolute atomic E-state index is 0.295. The molecule has 0 unspecified atom stereocenters. The van der Waals surface area contributed by atoms with E-state index in [0.717, 1.165) is 220 Å². The van der Waals surface area contributed by atoms with Gasteiger partial charge in [0, 0.05) is 81.4 Å². The van der Waals surface area contributed by atoms with Crippen LogP contribution in [0.5, 0.6) is 0 Å². The van der Waals surface area contributed by atoms with E-state index in [4.69, 9.17) is 59.5 Å². The number of benzene rings is 16. The van der Waals surface area contributed by atoms with E-state index in [1.807, 2.05) is 300 Å². The van der Waals surface area contributed by atoms with Crippen LogP contribution in [0.1, 0.15) is 0 Å². The Morgan fingerprint density at radius 2 is 0.451 bits per heavy atom. The number of para-hydroxylation sites is 15. The summed E-state index contributed by atoms with van der Waals surface area (Å²) in [5.41, 5.74) is 21.5. The second kappa shape index (κ2) is 30.4. The van der Waals surface area contributed by atoms with Crippen LogP contribution < -0.4 is 0 Å². The standard InChI is InChI=1S/C44H23N5O4.C30H16N4O3.C22H13N3O2.C21H13N5O/c1-6-16-31-25(11-1)37-28-14-4-9-19-34(28)50-40(37)47(31)24-21-22-36-30(23-24)39-26-12-2-7-17-32(26)48(41(39)52-36)43-45-44(53-46-43)49-33-18-8-3-13-27(33)38-29-15-5-10-20-35(29)51-42(38)49;1-5-13-21-17(9-1)25-19-11-3-7-15-23(19)35-27(25)33(21)29-31-30(37-32-29)34-22-14-6-2-10-18(22)26-20-12-4-8-16-24(20)36-28(26)34;1-2-8-14(9-3-1)20-23-22(24-27-20)25-17-12-6-4-10-15(17)19-16-11-5-7-13-18(16)26-21(19)25;1-2-8-14(9-3-1)19-23-20(24-27-19)26-18-13-7-6-12-17(18)25-16-11-5-4-10-15(16)22-21(25)26/h1-23H;1-16H;2*1-13H. The molecule has 0 N–H and O–H groups in total. The van der Waals surface area contributed by atoms with Crippen molar-refractivity contribution in [2.24, 2.45) is 0 Å².